The van der Waals surface area contributed by atoms with Crippen LogP contribution in [0.3, 0.4) is 0 Å². The molecule has 0 aliphatic rings. The fraction of sp³-hybridized carbons (Fsp3) is 0.190. The number of rotatable bonds is 8. The van der Waals surface area contributed by atoms with Crippen molar-refractivity contribution in [1.29, 1.82) is 0 Å². The Morgan fingerprint density at radius 3 is 2.33 bits per heavy atom. The van der Waals surface area contributed by atoms with Crippen molar-refractivity contribution >= 4 is 17.3 Å². The monoisotopic (exact) mass is 458 g/mol. The third kappa shape index (κ3) is 5.06. The molecule has 3 rings (SSSR count). The summed E-state index contributed by atoms with van der Waals surface area (Å²) in [6.07, 6.45) is 0. The number of benzene rings is 2. The number of carbonyl (C=O) groups excluding carboxylic acids is 1. The molecular formula is C21H19FN4O7. The molecule has 0 fully saturated rings. The predicted molar refractivity (Wildman–Crippen MR) is 115 cm³/mol. The van der Waals surface area contributed by atoms with Gasteiger partial charge in [0.05, 0.1) is 31.9 Å². The molecule has 2 aromatic carbocycles. The van der Waals surface area contributed by atoms with E-state index in [1.165, 1.54) is 39.5 Å². The van der Waals surface area contributed by atoms with Gasteiger partial charge >= 0.3 is 5.69 Å². The molecule has 0 unspecified atom stereocenters. The van der Waals surface area contributed by atoms with E-state index in [-0.39, 0.29) is 5.69 Å². The molecule has 1 aromatic heterocycles. The molecule has 0 saturated carbocycles. The van der Waals surface area contributed by atoms with Gasteiger partial charge in [-0.25, -0.2) is 4.68 Å². The summed E-state index contributed by atoms with van der Waals surface area (Å²) in [7, 11) is 4.38. The highest BCUT2D eigenvalue weighted by Crippen LogP contribution is 2.40. The minimum absolute atomic E-state index is 0.00179. The Morgan fingerprint density at radius 1 is 1.09 bits per heavy atom. The molecule has 0 saturated heterocycles. The summed E-state index contributed by atoms with van der Waals surface area (Å²) in [5.41, 5.74) is -0.451. The van der Waals surface area contributed by atoms with Crippen LogP contribution in [0.5, 0.6) is 17.2 Å². The molecule has 0 bridgehead atoms. The number of aromatic nitrogens is 2. The molecule has 3 aromatic rings. The topological polar surface area (TPSA) is 135 Å². The van der Waals surface area contributed by atoms with Crippen LogP contribution in [0.1, 0.15) is 0 Å². The van der Waals surface area contributed by atoms with E-state index < -0.39 is 34.4 Å². The van der Waals surface area contributed by atoms with Gasteiger partial charge in [-0.2, -0.15) is 9.49 Å². The van der Waals surface area contributed by atoms with E-state index in [4.69, 9.17) is 14.2 Å². The zero-order chi connectivity index (χ0) is 24.1. The van der Waals surface area contributed by atoms with Crippen LogP contribution in [-0.2, 0) is 11.3 Å². The molecule has 11 nitrogen and oxygen atoms in total. The van der Waals surface area contributed by atoms with Crippen molar-refractivity contribution in [1.82, 2.24) is 9.78 Å². The van der Waals surface area contributed by atoms with Gasteiger partial charge in [0.1, 0.15) is 6.54 Å². The van der Waals surface area contributed by atoms with Gasteiger partial charge in [0.15, 0.2) is 11.5 Å². The van der Waals surface area contributed by atoms with E-state index >= 15 is 0 Å². The lowest BCUT2D eigenvalue weighted by Crippen LogP contribution is -2.29. The molecule has 172 valence electrons. The first-order chi connectivity index (χ1) is 15.8. The first kappa shape index (κ1) is 23.2. The molecule has 0 radical (unpaired) electrons. The Morgan fingerprint density at radius 2 is 1.76 bits per heavy atom. The maximum Gasteiger partial charge on any atom is 0.306 e. The standard InChI is InChI=1S/C21H19FN4O7/c1-31-17-8-12(9-18(32-2)21(17)33-3)15-6-7-20(28)25(24-15)11-19(27)23-13-4-5-14(22)16(10-13)26(29)30/h4-10H,11H2,1-3H3,(H,23,27). The van der Waals surface area contributed by atoms with Crippen molar-refractivity contribution in [2.45, 2.75) is 6.54 Å². The third-order valence-corrected chi connectivity index (χ3v) is 4.55. The van der Waals surface area contributed by atoms with Crippen LogP contribution in [0.25, 0.3) is 11.3 Å². The van der Waals surface area contributed by atoms with E-state index in [1.807, 2.05) is 0 Å². The van der Waals surface area contributed by atoms with Gasteiger partial charge in [0, 0.05) is 23.4 Å². The third-order valence-electron chi connectivity index (χ3n) is 4.55. The lowest BCUT2D eigenvalue weighted by atomic mass is 10.1. The molecular weight excluding hydrogens is 439 g/mol. The van der Waals surface area contributed by atoms with Gasteiger partial charge in [-0.15, -0.1) is 0 Å². The number of hydrogen-bond donors (Lipinski definition) is 1. The van der Waals surface area contributed by atoms with Crippen LogP contribution < -0.4 is 25.1 Å². The Bertz CT molecular complexity index is 1250. The van der Waals surface area contributed by atoms with E-state index in [9.17, 15) is 24.1 Å². The number of nitro benzene ring substituents is 1. The van der Waals surface area contributed by atoms with E-state index in [0.29, 0.717) is 28.5 Å². The van der Waals surface area contributed by atoms with Gasteiger partial charge in [-0.1, -0.05) is 0 Å². The molecule has 1 amide bonds. The van der Waals surface area contributed by atoms with Crippen molar-refractivity contribution in [2.24, 2.45) is 0 Å². The lowest BCUT2D eigenvalue weighted by Gasteiger charge is -2.14. The van der Waals surface area contributed by atoms with Crippen molar-refractivity contribution in [3.63, 3.8) is 0 Å². The minimum Gasteiger partial charge on any atom is -0.493 e. The number of halogens is 1. The van der Waals surface area contributed by atoms with Crippen LogP contribution in [0.4, 0.5) is 15.8 Å². The second-order valence-corrected chi connectivity index (χ2v) is 6.60. The van der Waals surface area contributed by atoms with Crippen LogP contribution >= 0.6 is 0 Å². The molecule has 0 aliphatic carbocycles. The number of carbonyl (C=O) groups is 1. The van der Waals surface area contributed by atoms with Gasteiger partial charge < -0.3 is 19.5 Å². The predicted octanol–water partition coefficient (Wildman–Crippen LogP) is 2.62. The molecule has 0 aliphatic heterocycles. The molecule has 33 heavy (non-hydrogen) atoms. The quantitative estimate of drug-likeness (QED) is 0.402. The summed E-state index contributed by atoms with van der Waals surface area (Å²) in [4.78, 5) is 34.6. The second-order valence-electron chi connectivity index (χ2n) is 6.60. The van der Waals surface area contributed by atoms with Crippen LogP contribution in [-0.4, -0.2) is 41.9 Å². The summed E-state index contributed by atoms with van der Waals surface area (Å²) in [6, 6.07) is 8.90. The molecule has 1 heterocycles. The number of amides is 1. The summed E-state index contributed by atoms with van der Waals surface area (Å²) in [6.45, 7) is -0.484. The second kappa shape index (κ2) is 9.77. The molecule has 0 spiro atoms. The summed E-state index contributed by atoms with van der Waals surface area (Å²) in [5.74, 6) is -0.588. The van der Waals surface area contributed by atoms with Gasteiger partial charge in [0.25, 0.3) is 5.56 Å². The number of nitro groups is 1. The number of anilines is 1. The fourth-order valence-electron chi connectivity index (χ4n) is 3.01. The van der Waals surface area contributed by atoms with E-state index in [2.05, 4.69) is 10.4 Å². The van der Waals surface area contributed by atoms with Crippen LogP contribution in [0.2, 0.25) is 0 Å². The van der Waals surface area contributed by atoms with Crippen molar-refractivity contribution < 1.29 is 28.3 Å². The average Bonchev–Trinajstić information content (AvgIpc) is 2.80. The molecule has 0 atom stereocenters. The molecule has 12 heteroatoms. The van der Waals surface area contributed by atoms with Crippen LogP contribution in [0, 0.1) is 15.9 Å². The Balaban J connectivity index is 1.88. The number of nitrogens with zero attached hydrogens (tertiary/aromatic N) is 3. The summed E-state index contributed by atoms with van der Waals surface area (Å²) >= 11 is 0. The zero-order valence-corrected chi connectivity index (χ0v) is 17.8. The van der Waals surface area contributed by atoms with E-state index in [1.54, 1.807) is 12.1 Å². The SMILES string of the molecule is COc1cc(-c2ccc(=O)n(CC(=O)Nc3ccc(F)c([N+](=O)[O-])c3)n2)cc(OC)c1OC. The number of nitrogens with one attached hydrogen (secondary N) is 1. The largest absolute Gasteiger partial charge is 0.493 e. The lowest BCUT2D eigenvalue weighted by molar-refractivity contribution is -0.387. The van der Waals surface area contributed by atoms with Crippen molar-refractivity contribution in [2.75, 3.05) is 26.6 Å². The number of methoxy groups -OCH3 is 3. The van der Waals surface area contributed by atoms with E-state index in [0.717, 1.165) is 16.8 Å². The Labute approximate surface area is 186 Å². The number of ether oxygens (including phenoxy) is 3. The normalized spacial score (nSPS) is 10.4. The number of hydrogen-bond acceptors (Lipinski definition) is 8. The smallest absolute Gasteiger partial charge is 0.306 e. The van der Waals surface area contributed by atoms with Gasteiger partial charge in [-0.05, 0) is 30.3 Å². The van der Waals surface area contributed by atoms with Gasteiger partial charge in [-0.3, -0.25) is 19.7 Å². The minimum atomic E-state index is -1.03. The highest BCUT2D eigenvalue weighted by atomic mass is 19.1. The maximum absolute atomic E-state index is 13.5. The highest BCUT2D eigenvalue weighted by Gasteiger charge is 2.17. The Hall–Kier alpha value is -4.48. The zero-order valence-electron chi connectivity index (χ0n) is 17.8. The van der Waals surface area contributed by atoms with Crippen molar-refractivity contribution in [3.8, 4) is 28.5 Å². The first-order valence-electron chi connectivity index (χ1n) is 9.39. The highest BCUT2D eigenvalue weighted by molar-refractivity contribution is 5.90. The molecule has 1 N–H and O–H groups in total. The first-order valence-corrected chi connectivity index (χ1v) is 9.39. The van der Waals surface area contributed by atoms with Crippen molar-refractivity contribution in [3.05, 3.63) is 68.7 Å². The summed E-state index contributed by atoms with van der Waals surface area (Å²) in [5, 5.41) is 17.5. The van der Waals surface area contributed by atoms with Crippen LogP contribution in [0.15, 0.2) is 47.3 Å². The summed E-state index contributed by atoms with van der Waals surface area (Å²) < 4.78 is 30.3. The van der Waals surface area contributed by atoms with Gasteiger partial charge in [0.2, 0.25) is 17.5 Å². The fourth-order valence-corrected chi connectivity index (χ4v) is 3.01. The Kier molecular flexibility index (Phi) is 6.86. The average molecular weight is 458 g/mol. The maximum atomic E-state index is 13.5.